The van der Waals surface area contributed by atoms with E-state index >= 15 is 0 Å². The minimum Gasteiger partial charge on any atom is -0.345 e. The number of aromatic nitrogens is 4. The second-order valence-corrected chi connectivity index (χ2v) is 6.39. The van der Waals surface area contributed by atoms with Crippen molar-refractivity contribution in [3.8, 4) is 10.7 Å². The Labute approximate surface area is 148 Å². The average molecular weight is 356 g/mol. The Hall–Kier alpha value is -3.07. The minimum absolute atomic E-state index is 0.0449. The number of amides is 2. The van der Waals surface area contributed by atoms with Crippen molar-refractivity contribution < 1.29 is 9.59 Å². The normalized spacial score (nSPS) is 10.5. The molecule has 0 aliphatic heterocycles. The molecule has 0 atom stereocenters. The van der Waals surface area contributed by atoms with Gasteiger partial charge in [0.1, 0.15) is 6.54 Å². The van der Waals surface area contributed by atoms with Crippen molar-refractivity contribution in [1.82, 2.24) is 25.1 Å². The van der Waals surface area contributed by atoms with Crippen LogP contribution in [-0.2, 0) is 11.3 Å². The topological polar surface area (TPSA) is 93.0 Å². The van der Waals surface area contributed by atoms with Crippen LogP contribution in [0.1, 0.15) is 10.4 Å². The van der Waals surface area contributed by atoms with Gasteiger partial charge in [-0.25, -0.2) is 0 Å². The SMILES string of the molecule is CN(C)C(=O)c1ccc(NC(=O)Cn2nnc(-c3cccs3)n2)cc1. The van der Waals surface area contributed by atoms with Gasteiger partial charge >= 0.3 is 0 Å². The summed E-state index contributed by atoms with van der Waals surface area (Å²) in [6.45, 7) is -0.0449. The zero-order chi connectivity index (χ0) is 17.8. The molecule has 0 spiro atoms. The fourth-order valence-corrected chi connectivity index (χ4v) is 2.75. The molecule has 0 fully saturated rings. The van der Waals surface area contributed by atoms with E-state index in [0.717, 1.165) is 4.88 Å². The molecule has 128 valence electrons. The third-order valence-corrected chi connectivity index (χ3v) is 4.17. The molecular weight excluding hydrogens is 340 g/mol. The summed E-state index contributed by atoms with van der Waals surface area (Å²) in [4.78, 5) is 27.6. The van der Waals surface area contributed by atoms with Gasteiger partial charge in [0.2, 0.25) is 11.7 Å². The summed E-state index contributed by atoms with van der Waals surface area (Å²) < 4.78 is 0. The van der Waals surface area contributed by atoms with Gasteiger partial charge in [0, 0.05) is 25.3 Å². The van der Waals surface area contributed by atoms with E-state index < -0.39 is 0 Å². The number of benzene rings is 1. The summed E-state index contributed by atoms with van der Waals surface area (Å²) in [5, 5.41) is 16.7. The molecule has 9 heteroatoms. The van der Waals surface area contributed by atoms with Crippen molar-refractivity contribution in [3.63, 3.8) is 0 Å². The monoisotopic (exact) mass is 356 g/mol. The van der Waals surface area contributed by atoms with Gasteiger partial charge in [-0.15, -0.1) is 21.5 Å². The van der Waals surface area contributed by atoms with Gasteiger partial charge in [-0.3, -0.25) is 9.59 Å². The maximum atomic E-state index is 12.1. The quantitative estimate of drug-likeness (QED) is 0.752. The second kappa shape index (κ2) is 7.22. The molecule has 0 bridgehead atoms. The number of carbonyl (C=O) groups is 2. The van der Waals surface area contributed by atoms with Gasteiger partial charge < -0.3 is 10.2 Å². The van der Waals surface area contributed by atoms with Crippen LogP contribution >= 0.6 is 11.3 Å². The average Bonchev–Trinajstić information content (AvgIpc) is 3.26. The number of nitrogens with zero attached hydrogens (tertiary/aromatic N) is 5. The molecule has 2 aromatic heterocycles. The van der Waals surface area contributed by atoms with Crippen LogP contribution in [0, 0.1) is 0 Å². The van der Waals surface area contributed by atoms with Crippen LogP contribution in [0.4, 0.5) is 5.69 Å². The molecule has 8 nitrogen and oxygen atoms in total. The van der Waals surface area contributed by atoms with Crippen molar-refractivity contribution in [3.05, 3.63) is 47.3 Å². The summed E-state index contributed by atoms with van der Waals surface area (Å²) in [6, 6.07) is 10.5. The fraction of sp³-hybridized carbons (Fsp3) is 0.188. The minimum atomic E-state index is -0.276. The Kier molecular flexibility index (Phi) is 4.85. The third kappa shape index (κ3) is 4.07. The van der Waals surface area contributed by atoms with E-state index in [-0.39, 0.29) is 18.4 Å². The second-order valence-electron chi connectivity index (χ2n) is 5.45. The Morgan fingerprint density at radius 2 is 1.96 bits per heavy atom. The number of carbonyl (C=O) groups excluding carboxylic acids is 2. The predicted molar refractivity (Wildman–Crippen MR) is 94.2 cm³/mol. The number of thiophene rings is 1. The first-order chi connectivity index (χ1) is 12.0. The van der Waals surface area contributed by atoms with E-state index in [4.69, 9.17) is 0 Å². The van der Waals surface area contributed by atoms with Gasteiger partial charge in [-0.1, -0.05) is 6.07 Å². The summed E-state index contributed by atoms with van der Waals surface area (Å²) >= 11 is 1.51. The molecule has 0 saturated carbocycles. The van der Waals surface area contributed by atoms with Gasteiger partial charge in [0.05, 0.1) is 4.88 Å². The molecule has 0 aliphatic carbocycles. The van der Waals surface area contributed by atoms with Gasteiger partial charge in [-0.2, -0.15) is 4.80 Å². The molecule has 0 aliphatic rings. The zero-order valence-corrected chi connectivity index (χ0v) is 14.5. The number of nitrogens with one attached hydrogen (secondary N) is 1. The van der Waals surface area contributed by atoms with Gasteiger partial charge in [0.15, 0.2) is 0 Å². The van der Waals surface area contributed by atoms with Crippen LogP contribution in [-0.4, -0.2) is 51.0 Å². The van der Waals surface area contributed by atoms with Crippen molar-refractivity contribution in [2.24, 2.45) is 0 Å². The Balaban J connectivity index is 1.60. The third-order valence-electron chi connectivity index (χ3n) is 3.30. The number of anilines is 1. The lowest BCUT2D eigenvalue weighted by Gasteiger charge is -2.10. The molecule has 3 rings (SSSR count). The highest BCUT2D eigenvalue weighted by Gasteiger charge is 2.11. The van der Waals surface area contributed by atoms with Gasteiger partial charge in [-0.05, 0) is 40.9 Å². The van der Waals surface area contributed by atoms with Crippen LogP contribution in [0.25, 0.3) is 10.7 Å². The largest absolute Gasteiger partial charge is 0.345 e. The molecule has 1 N–H and O–H groups in total. The van der Waals surface area contributed by atoms with Gasteiger partial charge in [0.25, 0.3) is 5.91 Å². The Morgan fingerprint density at radius 3 is 2.60 bits per heavy atom. The van der Waals surface area contributed by atoms with E-state index in [1.165, 1.54) is 21.0 Å². The number of hydrogen-bond acceptors (Lipinski definition) is 6. The van der Waals surface area contributed by atoms with Crippen LogP contribution in [0.15, 0.2) is 41.8 Å². The molecule has 0 unspecified atom stereocenters. The van der Waals surface area contributed by atoms with E-state index in [9.17, 15) is 9.59 Å². The number of hydrogen-bond donors (Lipinski definition) is 1. The zero-order valence-electron chi connectivity index (χ0n) is 13.7. The Morgan fingerprint density at radius 1 is 1.20 bits per heavy atom. The molecule has 2 amide bonds. The fourth-order valence-electron chi connectivity index (χ4n) is 2.10. The summed E-state index contributed by atoms with van der Waals surface area (Å²) in [7, 11) is 3.38. The lowest BCUT2D eigenvalue weighted by Crippen LogP contribution is -2.22. The molecule has 3 aromatic rings. The number of rotatable bonds is 5. The highest BCUT2D eigenvalue weighted by atomic mass is 32.1. The maximum absolute atomic E-state index is 12.1. The first-order valence-corrected chi connectivity index (χ1v) is 8.34. The molecule has 0 radical (unpaired) electrons. The summed E-state index contributed by atoms with van der Waals surface area (Å²) in [5.41, 5.74) is 1.15. The van der Waals surface area contributed by atoms with Crippen LogP contribution in [0.2, 0.25) is 0 Å². The van der Waals surface area contributed by atoms with Crippen molar-refractivity contribution in [2.45, 2.75) is 6.54 Å². The summed E-state index contributed by atoms with van der Waals surface area (Å²) in [6.07, 6.45) is 0. The number of tetrazole rings is 1. The lowest BCUT2D eigenvalue weighted by atomic mass is 10.2. The highest BCUT2D eigenvalue weighted by Crippen LogP contribution is 2.19. The van der Waals surface area contributed by atoms with E-state index in [2.05, 4.69) is 20.7 Å². The molecule has 0 saturated heterocycles. The van der Waals surface area contributed by atoms with E-state index in [1.54, 1.807) is 38.4 Å². The van der Waals surface area contributed by atoms with Crippen LogP contribution in [0.5, 0.6) is 0 Å². The van der Waals surface area contributed by atoms with Crippen molar-refractivity contribution >= 4 is 28.8 Å². The lowest BCUT2D eigenvalue weighted by molar-refractivity contribution is -0.117. The predicted octanol–water partition coefficient (Wildman–Crippen LogP) is 1.74. The highest BCUT2D eigenvalue weighted by molar-refractivity contribution is 7.13. The molecule has 25 heavy (non-hydrogen) atoms. The van der Waals surface area contributed by atoms with Crippen molar-refractivity contribution in [1.29, 1.82) is 0 Å². The van der Waals surface area contributed by atoms with E-state index in [1.807, 2.05) is 17.5 Å². The standard InChI is InChI=1S/C16H16N6O2S/c1-21(2)16(24)11-5-7-12(8-6-11)17-14(23)10-22-19-15(18-20-22)13-4-3-9-25-13/h3-9H,10H2,1-2H3,(H,17,23). The first kappa shape index (κ1) is 16.8. The van der Waals surface area contributed by atoms with Crippen molar-refractivity contribution in [2.75, 3.05) is 19.4 Å². The maximum Gasteiger partial charge on any atom is 0.253 e. The van der Waals surface area contributed by atoms with E-state index in [0.29, 0.717) is 17.1 Å². The smallest absolute Gasteiger partial charge is 0.253 e. The van der Waals surface area contributed by atoms with Crippen LogP contribution in [0.3, 0.4) is 0 Å². The molecule has 1 aromatic carbocycles. The Bertz CT molecular complexity index is 870. The first-order valence-electron chi connectivity index (χ1n) is 7.46. The summed E-state index contributed by atoms with van der Waals surface area (Å²) in [5.74, 6) is 0.127. The van der Waals surface area contributed by atoms with Crippen LogP contribution < -0.4 is 5.32 Å². The molecule has 2 heterocycles. The molecular formula is C16H16N6O2S.